The number of halogens is 1. The van der Waals surface area contributed by atoms with Gasteiger partial charge in [-0.05, 0) is 34.0 Å². The first kappa shape index (κ1) is 8.22. The van der Waals surface area contributed by atoms with Gasteiger partial charge in [-0.3, -0.25) is 4.98 Å². The molecule has 0 radical (unpaired) electrons. The highest BCUT2D eigenvalue weighted by molar-refractivity contribution is 9.10. The Labute approximate surface area is 74.0 Å². The van der Waals surface area contributed by atoms with E-state index in [-0.39, 0.29) is 0 Å². The number of nitrogens with zero attached hydrogens (tertiary/aromatic N) is 2. The molecule has 56 valence electrons. The average molecular weight is 211 g/mol. The summed E-state index contributed by atoms with van der Waals surface area (Å²) in [5.74, 6) is 0. The summed E-state index contributed by atoms with van der Waals surface area (Å²) >= 11 is 3.35. The van der Waals surface area contributed by atoms with Crippen LogP contribution in [0.2, 0.25) is 0 Å². The number of rotatable bonds is 2. The van der Waals surface area contributed by atoms with E-state index in [1.165, 1.54) is 0 Å². The van der Waals surface area contributed by atoms with E-state index in [0.717, 1.165) is 16.5 Å². The molecule has 0 amide bonds. The van der Waals surface area contributed by atoms with E-state index in [4.69, 9.17) is 5.26 Å². The van der Waals surface area contributed by atoms with Gasteiger partial charge in [-0.2, -0.15) is 5.26 Å². The van der Waals surface area contributed by atoms with Crippen LogP contribution in [0.3, 0.4) is 0 Å². The van der Waals surface area contributed by atoms with Crippen LogP contribution in [0.25, 0.3) is 0 Å². The van der Waals surface area contributed by atoms with Gasteiger partial charge in [0.2, 0.25) is 0 Å². The third-order valence-electron chi connectivity index (χ3n) is 1.36. The SMILES string of the molecule is N#CCCc1ccncc1Br. The summed E-state index contributed by atoms with van der Waals surface area (Å²) in [4.78, 5) is 3.92. The monoisotopic (exact) mass is 210 g/mol. The molecule has 0 aliphatic carbocycles. The minimum Gasteiger partial charge on any atom is -0.264 e. The standard InChI is InChI=1S/C8H7BrN2/c9-8-6-11-5-3-7(8)2-1-4-10/h3,5-6H,1-2H2. The first-order valence-electron chi connectivity index (χ1n) is 3.30. The molecule has 0 aromatic carbocycles. The van der Waals surface area contributed by atoms with Gasteiger partial charge < -0.3 is 0 Å². The number of hydrogen-bond acceptors (Lipinski definition) is 2. The summed E-state index contributed by atoms with van der Waals surface area (Å²) in [6, 6.07) is 4.02. The quantitative estimate of drug-likeness (QED) is 0.752. The van der Waals surface area contributed by atoms with Gasteiger partial charge in [0.1, 0.15) is 0 Å². The molecule has 0 aliphatic rings. The molecule has 0 saturated heterocycles. The van der Waals surface area contributed by atoms with E-state index in [0.29, 0.717) is 6.42 Å². The molecule has 1 aromatic rings. The number of aryl methyl sites for hydroxylation is 1. The van der Waals surface area contributed by atoms with Crippen LogP contribution < -0.4 is 0 Å². The second-order valence-electron chi connectivity index (χ2n) is 2.13. The third kappa shape index (κ3) is 2.32. The van der Waals surface area contributed by atoms with E-state index in [1.807, 2.05) is 6.07 Å². The molecule has 0 unspecified atom stereocenters. The maximum Gasteiger partial charge on any atom is 0.0625 e. The molecule has 3 heteroatoms. The van der Waals surface area contributed by atoms with Crippen molar-refractivity contribution in [2.24, 2.45) is 0 Å². The lowest BCUT2D eigenvalue weighted by Gasteiger charge is -1.98. The first-order valence-corrected chi connectivity index (χ1v) is 4.09. The maximum absolute atomic E-state index is 8.34. The Balaban J connectivity index is 2.71. The van der Waals surface area contributed by atoms with Crippen molar-refractivity contribution in [2.45, 2.75) is 12.8 Å². The number of aromatic nitrogens is 1. The minimum atomic E-state index is 0.558. The molecule has 0 N–H and O–H groups in total. The molecule has 2 nitrogen and oxygen atoms in total. The summed E-state index contributed by atoms with van der Waals surface area (Å²) in [5.41, 5.74) is 1.14. The Morgan fingerprint density at radius 1 is 1.64 bits per heavy atom. The summed E-state index contributed by atoms with van der Waals surface area (Å²) in [6.07, 6.45) is 4.83. The smallest absolute Gasteiger partial charge is 0.0625 e. The largest absolute Gasteiger partial charge is 0.264 e. The maximum atomic E-state index is 8.34. The van der Waals surface area contributed by atoms with E-state index in [2.05, 4.69) is 27.0 Å². The zero-order valence-corrected chi connectivity index (χ0v) is 7.50. The average Bonchev–Trinajstić information content (AvgIpc) is 2.03. The molecule has 0 saturated carbocycles. The lowest BCUT2D eigenvalue weighted by atomic mass is 10.2. The first-order chi connectivity index (χ1) is 5.34. The topological polar surface area (TPSA) is 36.7 Å². The normalized spacial score (nSPS) is 9.09. The zero-order valence-electron chi connectivity index (χ0n) is 5.92. The molecular weight excluding hydrogens is 204 g/mol. The van der Waals surface area contributed by atoms with Gasteiger partial charge in [0.05, 0.1) is 6.07 Å². The van der Waals surface area contributed by atoms with Gasteiger partial charge in [0.15, 0.2) is 0 Å². The van der Waals surface area contributed by atoms with Crippen LogP contribution in [0, 0.1) is 11.3 Å². The zero-order chi connectivity index (χ0) is 8.10. The van der Waals surface area contributed by atoms with Crippen molar-refractivity contribution in [3.8, 4) is 6.07 Å². The fourth-order valence-corrected chi connectivity index (χ4v) is 1.25. The highest BCUT2D eigenvalue weighted by atomic mass is 79.9. The Morgan fingerprint density at radius 3 is 3.09 bits per heavy atom. The van der Waals surface area contributed by atoms with Crippen LogP contribution in [-0.4, -0.2) is 4.98 Å². The number of pyridine rings is 1. The predicted octanol–water partition coefficient (Wildman–Crippen LogP) is 2.30. The van der Waals surface area contributed by atoms with E-state index < -0.39 is 0 Å². The third-order valence-corrected chi connectivity index (χ3v) is 2.08. The summed E-state index contributed by atoms with van der Waals surface area (Å²) in [7, 11) is 0. The van der Waals surface area contributed by atoms with Crippen molar-refractivity contribution in [3.05, 3.63) is 28.5 Å². The highest BCUT2D eigenvalue weighted by Gasteiger charge is 1.96. The van der Waals surface area contributed by atoms with Crippen LogP contribution >= 0.6 is 15.9 Å². The lowest BCUT2D eigenvalue weighted by Crippen LogP contribution is -1.85. The molecule has 0 spiro atoms. The van der Waals surface area contributed by atoms with Crippen LogP contribution in [0.1, 0.15) is 12.0 Å². The van der Waals surface area contributed by atoms with Crippen LogP contribution in [0.5, 0.6) is 0 Å². The Hall–Kier alpha value is -0.880. The van der Waals surface area contributed by atoms with Crippen LogP contribution in [-0.2, 0) is 6.42 Å². The summed E-state index contributed by atoms with van der Waals surface area (Å²) in [6.45, 7) is 0. The van der Waals surface area contributed by atoms with Gasteiger partial charge in [0.25, 0.3) is 0 Å². The van der Waals surface area contributed by atoms with Gasteiger partial charge in [0, 0.05) is 23.3 Å². The van der Waals surface area contributed by atoms with Crippen molar-refractivity contribution >= 4 is 15.9 Å². The Bertz CT molecular complexity index is 278. The molecule has 11 heavy (non-hydrogen) atoms. The van der Waals surface area contributed by atoms with Gasteiger partial charge in [-0.25, -0.2) is 0 Å². The highest BCUT2D eigenvalue weighted by Crippen LogP contribution is 2.15. The van der Waals surface area contributed by atoms with E-state index in [9.17, 15) is 0 Å². The van der Waals surface area contributed by atoms with E-state index >= 15 is 0 Å². The van der Waals surface area contributed by atoms with Gasteiger partial charge >= 0.3 is 0 Å². The number of nitriles is 1. The van der Waals surface area contributed by atoms with Gasteiger partial charge in [-0.15, -0.1) is 0 Å². The molecule has 0 bridgehead atoms. The molecule has 0 atom stereocenters. The fraction of sp³-hybridized carbons (Fsp3) is 0.250. The van der Waals surface area contributed by atoms with Crippen molar-refractivity contribution in [2.75, 3.05) is 0 Å². The van der Waals surface area contributed by atoms with Crippen LogP contribution in [0.4, 0.5) is 0 Å². The van der Waals surface area contributed by atoms with Crippen molar-refractivity contribution < 1.29 is 0 Å². The predicted molar refractivity (Wildman–Crippen MR) is 45.9 cm³/mol. The molecule has 0 fully saturated rings. The lowest BCUT2D eigenvalue weighted by molar-refractivity contribution is 0.995. The molecule has 1 heterocycles. The van der Waals surface area contributed by atoms with Crippen molar-refractivity contribution in [1.82, 2.24) is 4.98 Å². The van der Waals surface area contributed by atoms with E-state index in [1.54, 1.807) is 12.4 Å². The van der Waals surface area contributed by atoms with Crippen LogP contribution in [0.15, 0.2) is 22.9 Å². The minimum absolute atomic E-state index is 0.558. The van der Waals surface area contributed by atoms with Crippen molar-refractivity contribution in [1.29, 1.82) is 5.26 Å². The van der Waals surface area contributed by atoms with Crippen molar-refractivity contribution in [3.63, 3.8) is 0 Å². The molecule has 1 aromatic heterocycles. The summed E-state index contributed by atoms with van der Waals surface area (Å²) < 4.78 is 0.982. The molecular formula is C8H7BrN2. The molecule has 1 rings (SSSR count). The molecule has 0 aliphatic heterocycles. The second kappa shape index (κ2) is 4.09. The summed E-state index contributed by atoms with van der Waals surface area (Å²) in [5, 5.41) is 8.34. The Morgan fingerprint density at radius 2 is 2.45 bits per heavy atom. The fourth-order valence-electron chi connectivity index (χ4n) is 0.797. The Kier molecular flexibility index (Phi) is 3.06. The second-order valence-corrected chi connectivity index (χ2v) is 2.98. The van der Waals surface area contributed by atoms with Gasteiger partial charge in [-0.1, -0.05) is 0 Å². The number of hydrogen-bond donors (Lipinski definition) is 0.